The first-order valence-corrected chi connectivity index (χ1v) is 8.55. The third kappa shape index (κ3) is 5.41. The zero-order valence-electron chi connectivity index (χ0n) is 12.7. The lowest BCUT2D eigenvalue weighted by Crippen LogP contribution is -2.09. The highest BCUT2D eigenvalue weighted by molar-refractivity contribution is 8.00. The summed E-state index contributed by atoms with van der Waals surface area (Å²) in [6.45, 7) is 0. The molecule has 2 aromatic rings. The summed E-state index contributed by atoms with van der Waals surface area (Å²) in [5.74, 6) is -0.0599. The van der Waals surface area contributed by atoms with E-state index < -0.39 is 0 Å². The van der Waals surface area contributed by atoms with Gasteiger partial charge in [-0.15, -0.1) is 11.8 Å². The minimum Gasteiger partial charge on any atom is -0.468 e. The fourth-order valence-corrected chi connectivity index (χ4v) is 3.29. The van der Waals surface area contributed by atoms with E-state index in [0.29, 0.717) is 17.0 Å². The number of benzene rings is 2. The van der Waals surface area contributed by atoms with E-state index in [0.717, 1.165) is 5.56 Å². The molecular formula is C18H17ClO3S. The third-order valence-electron chi connectivity index (χ3n) is 3.34. The van der Waals surface area contributed by atoms with E-state index in [1.165, 1.54) is 18.9 Å². The summed E-state index contributed by atoms with van der Waals surface area (Å²) in [5.41, 5.74) is 1.64. The standard InChI is InChI=1S/C18H17ClO3S/c1-22-18(21)12-23-17(14-7-9-15(19)10-8-14)11-16(20)13-5-3-2-4-6-13/h2-10,17H,11-12H2,1H3/t17-/m1/s1. The van der Waals surface area contributed by atoms with Crippen LogP contribution in [0.1, 0.15) is 27.6 Å². The van der Waals surface area contributed by atoms with Gasteiger partial charge < -0.3 is 4.74 Å². The van der Waals surface area contributed by atoms with Gasteiger partial charge in [0.25, 0.3) is 0 Å². The molecule has 0 fully saturated rings. The molecule has 0 aliphatic heterocycles. The number of halogens is 1. The summed E-state index contributed by atoms with van der Waals surface area (Å²) in [6, 6.07) is 16.5. The van der Waals surface area contributed by atoms with Crippen LogP contribution in [0.15, 0.2) is 54.6 Å². The molecule has 0 aliphatic rings. The molecule has 1 atom stereocenters. The van der Waals surface area contributed by atoms with Crippen molar-refractivity contribution in [3.05, 3.63) is 70.7 Å². The fraction of sp³-hybridized carbons (Fsp3) is 0.222. The summed E-state index contributed by atoms with van der Waals surface area (Å²) in [4.78, 5) is 23.9. The van der Waals surface area contributed by atoms with Crippen molar-refractivity contribution in [2.75, 3.05) is 12.9 Å². The molecule has 0 aliphatic carbocycles. The van der Waals surface area contributed by atoms with Gasteiger partial charge in [0.15, 0.2) is 5.78 Å². The number of hydrogen-bond donors (Lipinski definition) is 0. The second-order valence-corrected chi connectivity index (χ2v) is 6.55. The molecule has 23 heavy (non-hydrogen) atoms. The molecule has 0 heterocycles. The summed E-state index contributed by atoms with van der Waals surface area (Å²) in [6.07, 6.45) is 0.313. The minimum absolute atomic E-state index is 0.0444. The topological polar surface area (TPSA) is 43.4 Å². The predicted octanol–water partition coefficient (Wildman–Crippen LogP) is 4.56. The quantitative estimate of drug-likeness (QED) is 0.543. The van der Waals surface area contributed by atoms with E-state index in [1.54, 1.807) is 24.3 Å². The van der Waals surface area contributed by atoms with E-state index in [4.69, 9.17) is 11.6 Å². The first-order valence-electron chi connectivity index (χ1n) is 7.12. The van der Waals surface area contributed by atoms with Crippen LogP contribution in [-0.2, 0) is 9.53 Å². The number of hydrogen-bond acceptors (Lipinski definition) is 4. The van der Waals surface area contributed by atoms with E-state index in [1.807, 2.05) is 30.3 Å². The molecule has 3 nitrogen and oxygen atoms in total. The van der Waals surface area contributed by atoms with Crippen molar-refractivity contribution in [3.63, 3.8) is 0 Å². The van der Waals surface area contributed by atoms with Crippen molar-refractivity contribution in [2.24, 2.45) is 0 Å². The number of ether oxygens (including phenoxy) is 1. The van der Waals surface area contributed by atoms with Crippen LogP contribution in [0.4, 0.5) is 0 Å². The minimum atomic E-state index is -0.305. The summed E-state index contributed by atoms with van der Waals surface area (Å²) in [5, 5.41) is 0.513. The van der Waals surface area contributed by atoms with Crippen molar-refractivity contribution < 1.29 is 14.3 Å². The van der Waals surface area contributed by atoms with E-state index in [9.17, 15) is 9.59 Å². The Bertz CT molecular complexity index is 656. The number of thioether (sulfide) groups is 1. The maximum Gasteiger partial charge on any atom is 0.315 e. The molecule has 0 unspecified atom stereocenters. The first kappa shape index (κ1) is 17.6. The maximum atomic E-state index is 12.5. The largest absolute Gasteiger partial charge is 0.468 e. The molecule has 0 N–H and O–H groups in total. The van der Waals surface area contributed by atoms with Crippen LogP contribution in [0.3, 0.4) is 0 Å². The van der Waals surface area contributed by atoms with Gasteiger partial charge in [0.2, 0.25) is 0 Å². The van der Waals surface area contributed by atoms with Gasteiger partial charge in [-0.1, -0.05) is 54.1 Å². The molecule has 0 saturated carbocycles. The Morgan fingerprint density at radius 1 is 1.09 bits per heavy atom. The molecule has 2 rings (SSSR count). The number of esters is 1. The average molecular weight is 349 g/mol. The smallest absolute Gasteiger partial charge is 0.315 e. The van der Waals surface area contributed by atoms with Gasteiger partial charge >= 0.3 is 5.97 Å². The number of ketones is 1. The molecule has 2 aromatic carbocycles. The number of carbonyl (C=O) groups is 2. The molecule has 0 saturated heterocycles. The predicted molar refractivity (Wildman–Crippen MR) is 94.1 cm³/mol. The molecule has 0 bridgehead atoms. The Morgan fingerprint density at radius 3 is 2.35 bits per heavy atom. The normalized spacial score (nSPS) is 11.7. The number of carbonyl (C=O) groups excluding carboxylic acids is 2. The van der Waals surface area contributed by atoms with Crippen LogP contribution in [-0.4, -0.2) is 24.6 Å². The fourth-order valence-electron chi connectivity index (χ4n) is 2.09. The van der Waals surface area contributed by atoms with Crippen molar-refractivity contribution in [1.82, 2.24) is 0 Å². The number of methoxy groups -OCH3 is 1. The van der Waals surface area contributed by atoms with Crippen LogP contribution in [0, 0.1) is 0 Å². The van der Waals surface area contributed by atoms with Crippen LogP contribution in [0.25, 0.3) is 0 Å². The van der Waals surface area contributed by atoms with Gasteiger partial charge in [0.1, 0.15) is 0 Å². The SMILES string of the molecule is COC(=O)CS[C@H](CC(=O)c1ccccc1)c1ccc(Cl)cc1. The molecule has 0 radical (unpaired) electrons. The molecular weight excluding hydrogens is 332 g/mol. The van der Waals surface area contributed by atoms with Gasteiger partial charge in [-0.3, -0.25) is 9.59 Å². The summed E-state index contributed by atoms with van der Waals surface area (Å²) >= 11 is 7.32. The highest BCUT2D eigenvalue weighted by atomic mass is 35.5. The lowest BCUT2D eigenvalue weighted by molar-refractivity contribution is -0.137. The Hall–Kier alpha value is -1.78. The van der Waals surface area contributed by atoms with Gasteiger partial charge in [0, 0.05) is 22.3 Å². The van der Waals surface area contributed by atoms with Crippen LogP contribution in [0.2, 0.25) is 5.02 Å². The van der Waals surface area contributed by atoms with Gasteiger partial charge in [-0.05, 0) is 17.7 Å². The highest BCUT2D eigenvalue weighted by Gasteiger charge is 2.19. The maximum absolute atomic E-state index is 12.5. The summed E-state index contributed by atoms with van der Waals surface area (Å²) < 4.78 is 4.68. The van der Waals surface area contributed by atoms with E-state index >= 15 is 0 Å². The third-order valence-corrected chi connectivity index (χ3v) is 4.83. The Labute approximate surface area is 145 Å². The first-order chi connectivity index (χ1) is 11.1. The summed E-state index contributed by atoms with van der Waals surface area (Å²) in [7, 11) is 1.36. The van der Waals surface area contributed by atoms with Crippen molar-refractivity contribution in [1.29, 1.82) is 0 Å². The molecule has 0 amide bonds. The second kappa shape index (κ2) is 8.75. The highest BCUT2D eigenvalue weighted by Crippen LogP contribution is 2.34. The van der Waals surface area contributed by atoms with Crippen LogP contribution >= 0.6 is 23.4 Å². The van der Waals surface area contributed by atoms with Gasteiger partial charge in [-0.2, -0.15) is 0 Å². The number of rotatable bonds is 7. The van der Waals surface area contributed by atoms with E-state index in [-0.39, 0.29) is 22.8 Å². The van der Waals surface area contributed by atoms with Crippen LogP contribution in [0.5, 0.6) is 0 Å². The number of Topliss-reactive ketones (excluding diaryl/α,β-unsaturated/α-hetero) is 1. The van der Waals surface area contributed by atoms with Gasteiger partial charge in [-0.25, -0.2) is 0 Å². The van der Waals surface area contributed by atoms with Crippen molar-refractivity contribution in [2.45, 2.75) is 11.7 Å². The Morgan fingerprint density at radius 2 is 1.74 bits per heavy atom. The zero-order valence-corrected chi connectivity index (χ0v) is 14.3. The Balaban J connectivity index is 2.14. The van der Waals surface area contributed by atoms with Crippen molar-refractivity contribution in [3.8, 4) is 0 Å². The lowest BCUT2D eigenvalue weighted by atomic mass is 10.0. The molecule has 0 aromatic heterocycles. The van der Waals surface area contributed by atoms with Crippen LogP contribution < -0.4 is 0 Å². The van der Waals surface area contributed by atoms with E-state index in [2.05, 4.69) is 4.74 Å². The van der Waals surface area contributed by atoms with Gasteiger partial charge in [0.05, 0.1) is 12.9 Å². The van der Waals surface area contributed by atoms with Crippen molar-refractivity contribution >= 4 is 35.1 Å². The molecule has 120 valence electrons. The monoisotopic (exact) mass is 348 g/mol. The second-order valence-electron chi connectivity index (χ2n) is 4.92. The average Bonchev–Trinajstić information content (AvgIpc) is 2.59. The Kier molecular flexibility index (Phi) is 6.68. The molecule has 5 heteroatoms. The zero-order chi connectivity index (χ0) is 16.7. The lowest BCUT2D eigenvalue weighted by Gasteiger charge is -2.16. The molecule has 0 spiro atoms.